The van der Waals surface area contributed by atoms with Crippen molar-refractivity contribution in [3.63, 3.8) is 0 Å². The maximum atomic E-state index is 4.11. The molecule has 6 nitrogen and oxygen atoms in total. The normalized spacial score (nSPS) is 16.9. The van der Waals surface area contributed by atoms with Crippen molar-refractivity contribution in [2.24, 2.45) is 0 Å². The average molecular weight is 244 g/mol. The highest BCUT2D eigenvalue weighted by Gasteiger charge is 2.14. The van der Waals surface area contributed by atoms with Crippen LogP contribution in [0.15, 0.2) is 24.5 Å². The zero-order valence-electron chi connectivity index (χ0n) is 10.2. The third-order valence-corrected chi connectivity index (χ3v) is 3.23. The van der Waals surface area contributed by atoms with Crippen LogP contribution < -0.4 is 0 Å². The molecule has 0 unspecified atom stereocenters. The van der Waals surface area contributed by atoms with Gasteiger partial charge in [0.25, 0.3) is 0 Å². The molecule has 3 rings (SSSR count). The van der Waals surface area contributed by atoms with E-state index in [2.05, 4.69) is 25.4 Å². The Morgan fingerprint density at radius 3 is 2.83 bits per heavy atom. The summed E-state index contributed by atoms with van der Waals surface area (Å²) in [6, 6.07) is 3.88. The van der Waals surface area contributed by atoms with Crippen LogP contribution in [0.4, 0.5) is 0 Å². The van der Waals surface area contributed by atoms with Crippen LogP contribution in [0.3, 0.4) is 0 Å². The van der Waals surface area contributed by atoms with Crippen LogP contribution in [0, 0.1) is 0 Å². The number of pyridine rings is 1. The molecule has 0 bridgehead atoms. The van der Waals surface area contributed by atoms with Crippen LogP contribution in [0.2, 0.25) is 0 Å². The van der Waals surface area contributed by atoms with Gasteiger partial charge in [0.1, 0.15) is 0 Å². The third-order valence-electron chi connectivity index (χ3n) is 3.23. The number of tetrazole rings is 1. The van der Waals surface area contributed by atoms with Gasteiger partial charge in [-0.1, -0.05) is 6.42 Å². The van der Waals surface area contributed by atoms with E-state index >= 15 is 0 Å². The minimum absolute atomic E-state index is 0.761. The van der Waals surface area contributed by atoms with E-state index < -0.39 is 0 Å². The largest absolute Gasteiger partial charge is 0.284 e. The van der Waals surface area contributed by atoms with Crippen LogP contribution in [-0.4, -0.2) is 43.2 Å². The molecule has 2 aromatic rings. The Hall–Kier alpha value is -1.82. The molecule has 0 aromatic carbocycles. The lowest BCUT2D eigenvalue weighted by atomic mass is 10.1. The molecular formula is C12H16N6. The molecule has 0 aliphatic carbocycles. The monoisotopic (exact) mass is 244 g/mol. The zero-order valence-corrected chi connectivity index (χ0v) is 10.2. The van der Waals surface area contributed by atoms with E-state index in [-0.39, 0.29) is 0 Å². The summed E-state index contributed by atoms with van der Waals surface area (Å²) in [4.78, 5) is 6.49. The molecule has 0 atom stereocenters. The Morgan fingerprint density at radius 1 is 1.17 bits per heavy atom. The molecule has 94 valence electrons. The van der Waals surface area contributed by atoms with Crippen LogP contribution in [0.5, 0.6) is 0 Å². The van der Waals surface area contributed by atoms with Gasteiger partial charge in [-0.3, -0.25) is 9.88 Å². The molecule has 18 heavy (non-hydrogen) atoms. The van der Waals surface area contributed by atoms with E-state index in [0.29, 0.717) is 0 Å². The van der Waals surface area contributed by atoms with E-state index in [1.807, 2.05) is 16.8 Å². The molecule has 0 N–H and O–H groups in total. The Morgan fingerprint density at radius 2 is 2.06 bits per heavy atom. The second-order valence-electron chi connectivity index (χ2n) is 4.56. The van der Waals surface area contributed by atoms with E-state index in [4.69, 9.17) is 0 Å². The number of nitrogens with zero attached hydrogens (tertiary/aromatic N) is 6. The fourth-order valence-corrected chi connectivity index (χ4v) is 2.29. The predicted octanol–water partition coefficient (Wildman–Crippen LogP) is 1.18. The van der Waals surface area contributed by atoms with Crippen molar-refractivity contribution in [1.82, 2.24) is 30.1 Å². The number of hydrogen-bond donors (Lipinski definition) is 0. The molecule has 6 heteroatoms. The van der Waals surface area contributed by atoms with Gasteiger partial charge in [0.2, 0.25) is 0 Å². The molecular weight excluding hydrogens is 228 g/mol. The molecule has 2 aromatic heterocycles. The van der Waals surface area contributed by atoms with Gasteiger partial charge < -0.3 is 0 Å². The Balaban J connectivity index is 1.79. The van der Waals surface area contributed by atoms with Gasteiger partial charge in [-0.25, -0.2) is 4.68 Å². The first kappa shape index (κ1) is 11.3. The standard InChI is InChI=1S/C12H16N6/c1-2-7-17(8-3-1)10-18-12(14-15-16-18)11-5-4-6-13-9-11/h4-6,9H,1-3,7-8,10H2. The van der Waals surface area contributed by atoms with Crippen LogP contribution in [0.25, 0.3) is 11.4 Å². The van der Waals surface area contributed by atoms with E-state index in [9.17, 15) is 0 Å². The number of hydrogen-bond acceptors (Lipinski definition) is 5. The maximum Gasteiger partial charge on any atom is 0.184 e. The molecule has 3 heterocycles. The number of aromatic nitrogens is 5. The second kappa shape index (κ2) is 5.22. The van der Waals surface area contributed by atoms with E-state index in [1.54, 1.807) is 12.4 Å². The Kier molecular flexibility index (Phi) is 3.27. The zero-order chi connectivity index (χ0) is 12.2. The summed E-state index contributed by atoms with van der Waals surface area (Å²) in [7, 11) is 0. The summed E-state index contributed by atoms with van der Waals surface area (Å²) < 4.78 is 1.85. The van der Waals surface area contributed by atoms with E-state index in [1.165, 1.54) is 19.3 Å². The van der Waals surface area contributed by atoms with Crippen molar-refractivity contribution in [1.29, 1.82) is 0 Å². The SMILES string of the molecule is c1cncc(-c2nnnn2CN2CCCCC2)c1. The van der Waals surface area contributed by atoms with Gasteiger partial charge in [-0.2, -0.15) is 0 Å². The van der Waals surface area contributed by atoms with Gasteiger partial charge in [-0.05, 0) is 48.5 Å². The van der Waals surface area contributed by atoms with E-state index in [0.717, 1.165) is 31.1 Å². The van der Waals surface area contributed by atoms with Crippen LogP contribution in [-0.2, 0) is 6.67 Å². The minimum atomic E-state index is 0.761. The average Bonchev–Trinajstić information content (AvgIpc) is 2.89. The topological polar surface area (TPSA) is 59.7 Å². The quantitative estimate of drug-likeness (QED) is 0.811. The lowest BCUT2D eigenvalue weighted by Gasteiger charge is -2.26. The molecule has 0 radical (unpaired) electrons. The highest BCUT2D eigenvalue weighted by Crippen LogP contribution is 2.15. The highest BCUT2D eigenvalue weighted by atomic mass is 15.6. The van der Waals surface area contributed by atoms with Crippen molar-refractivity contribution < 1.29 is 0 Å². The fourth-order valence-electron chi connectivity index (χ4n) is 2.29. The summed E-state index contributed by atoms with van der Waals surface area (Å²) in [6.07, 6.45) is 7.41. The number of piperidine rings is 1. The van der Waals surface area contributed by atoms with Gasteiger partial charge in [0, 0.05) is 18.0 Å². The molecule has 1 saturated heterocycles. The van der Waals surface area contributed by atoms with Gasteiger partial charge in [0.15, 0.2) is 5.82 Å². The number of likely N-dealkylation sites (tertiary alicyclic amines) is 1. The van der Waals surface area contributed by atoms with Crippen molar-refractivity contribution in [3.8, 4) is 11.4 Å². The second-order valence-corrected chi connectivity index (χ2v) is 4.56. The van der Waals surface area contributed by atoms with Crippen LogP contribution >= 0.6 is 0 Å². The summed E-state index contributed by atoms with van der Waals surface area (Å²) >= 11 is 0. The third kappa shape index (κ3) is 2.38. The smallest absolute Gasteiger partial charge is 0.184 e. The first-order valence-electron chi connectivity index (χ1n) is 6.32. The maximum absolute atomic E-state index is 4.11. The summed E-state index contributed by atoms with van der Waals surface area (Å²) in [6.45, 7) is 3.02. The molecule has 1 aliphatic heterocycles. The van der Waals surface area contributed by atoms with Gasteiger partial charge in [0.05, 0.1) is 6.67 Å². The molecule has 0 spiro atoms. The molecule has 0 amide bonds. The lowest BCUT2D eigenvalue weighted by Crippen LogP contribution is -2.32. The minimum Gasteiger partial charge on any atom is -0.284 e. The van der Waals surface area contributed by atoms with Crippen molar-refractivity contribution in [2.75, 3.05) is 13.1 Å². The van der Waals surface area contributed by atoms with Gasteiger partial charge >= 0.3 is 0 Å². The highest BCUT2D eigenvalue weighted by molar-refractivity contribution is 5.52. The summed E-state index contributed by atoms with van der Waals surface area (Å²) in [5.41, 5.74) is 0.958. The first-order valence-corrected chi connectivity index (χ1v) is 6.32. The Labute approximate surface area is 106 Å². The fraction of sp³-hybridized carbons (Fsp3) is 0.500. The number of rotatable bonds is 3. The van der Waals surface area contributed by atoms with Crippen molar-refractivity contribution in [2.45, 2.75) is 25.9 Å². The van der Waals surface area contributed by atoms with Crippen LogP contribution in [0.1, 0.15) is 19.3 Å². The molecule has 1 fully saturated rings. The van der Waals surface area contributed by atoms with Crippen molar-refractivity contribution >= 4 is 0 Å². The summed E-state index contributed by atoms with van der Waals surface area (Å²) in [5, 5.41) is 11.9. The Bertz CT molecular complexity index is 488. The molecule has 0 saturated carbocycles. The van der Waals surface area contributed by atoms with Gasteiger partial charge in [-0.15, -0.1) is 5.10 Å². The predicted molar refractivity (Wildman–Crippen MR) is 66.5 cm³/mol. The van der Waals surface area contributed by atoms with Crippen molar-refractivity contribution in [3.05, 3.63) is 24.5 Å². The summed E-state index contributed by atoms with van der Waals surface area (Å²) in [5.74, 6) is 0.786. The first-order chi connectivity index (χ1) is 8.93. The lowest BCUT2D eigenvalue weighted by molar-refractivity contribution is 0.173. The molecule has 1 aliphatic rings.